The van der Waals surface area contributed by atoms with Crippen LogP contribution in [0.2, 0.25) is 5.02 Å². The molecule has 8 nitrogen and oxygen atoms in total. The lowest BCUT2D eigenvalue weighted by Crippen LogP contribution is -2.41. The van der Waals surface area contributed by atoms with Gasteiger partial charge in [-0.2, -0.15) is 0 Å². The summed E-state index contributed by atoms with van der Waals surface area (Å²) in [5.74, 6) is 1.87. The minimum Gasteiger partial charge on any atom is -0.443 e. The molecule has 0 saturated heterocycles. The molecular formula is C19H28ClN5O3S. The highest BCUT2D eigenvalue weighted by Gasteiger charge is 2.19. The van der Waals surface area contributed by atoms with E-state index in [1.807, 2.05) is 6.92 Å². The Hall–Kier alpha value is -2.10. The van der Waals surface area contributed by atoms with E-state index in [9.17, 15) is 8.42 Å². The highest BCUT2D eigenvalue weighted by molar-refractivity contribution is 7.89. The van der Waals surface area contributed by atoms with E-state index in [0.717, 1.165) is 5.76 Å². The Morgan fingerprint density at radius 3 is 2.62 bits per heavy atom. The molecule has 0 aliphatic rings. The summed E-state index contributed by atoms with van der Waals surface area (Å²) in [6.07, 6.45) is 1.72. The molecule has 1 aromatic heterocycles. The molecule has 0 amide bonds. The van der Waals surface area contributed by atoms with Crippen molar-refractivity contribution in [2.45, 2.75) is 44.6 Å². The van der Waals surface area contributed by atoms with Gasteiger partial charge in [0, 0.05) is 30.1 Å². The molecule has 3 N–H and O–H groups in total. The summed E-state index contributed by atoms with van der Waals surface area (Å²) in [6.45, 7) is 9.58. The number of aliphatic imine (C=N–C) groups is 1. The summed E-state index contributed by atoms with van der Waals surface area (Å²) >= 11 is 5.86. The Morgan fingerprint density at radius 1 is 1.24 bits per heavy atom. The highest BCUT2D eigenvalue weighted by Crippen LogP contribution is 2.22. The zero-order valence-electron chi connectivity index (χ0n) is 17.1. The predicted octanol–water partition coefficient (Wildman–Crippen LogP) is 2.66. The minimum absolute atomic E-state index is 0.113. The van der Waals surface area contributed by atoms with E-state index in [0.29, 0.717) is 30.0 Å². The molecule has 1 heterocycles. The molecule has 0 atom stereocenters. The summed E-state index contributed by atoms with van der Waals surface area (Å²) < 4.78 is 32.8. The van der Waals surface area contributed by atoms with Gasteiger partial charge < -0.3 is 15.1 Å². The van der Waals surface area contributed by atoms with Crippen molar-refractivity contribution in [3.8, 4) is 0 Å². The lowest BCUT2D eigenvalue weighted by molar-refractivity contribution is 0.383. The Balaban J connectivity index is 1.89. The first-order valence-electron chi connectivity index (χ1n) is 9.34. The van der Waals surface area contributed by atoms with Gasteiger partial charge in [0.1, 0.15) is 12.3 Å². The van der Waals surface area contributed by atoms with Crippen LogP contribution in [0.15, 0.2) is 44.8 Å². The van der Waals surface area contributed by atoms with Crippen molar-refractivity contribution in [2.75, 3.05) is 19.6 Å². The van der Waals surface area contributed by atoms with Crippen LogP contribution in [0.3, 0.4) is 0 Å². The van der Waals surface area contributed by atoms with Gasteiger partial charge in [0.15, 0.2) is 5.96 Å². The monoisotopic (exact) mass is 441 g/mol. The second-order valence-electron chi connectivity index (χ2n) is 7.35. The fourth-order valence-corrected chi connectivity index (χ4v) is 3.63. The summed E-state index contributed by atoms with van der Waals surface area (Å²) in [6, 6.07) is 6.12. The largest absolute Gasteiger partial charge is 0.443 e. The molecule has 0 unspecified atom stereocenters. The Bertz CT molecular complexity index is 935. The van der Waals surface area contributed by atoms with E-state index in [-0.39, 0.29) is 23.4 Å². The van der Waals surface area contributed by atoms with Gasteiger partial charge in [0.2, 0.25) is 15.9 Å². The summed E-state index contributed by atoms with van der Waals surface area (Å²) in [5.41, 5.74) is -0.113. The third-order valence-electron chi connectivity index (χ3n) is 3.83. The van der Waals surface area contributed by atoms with Crippen LogP contribution >= 0.6 is 11.6 Å². The molecule has 0 spiro atoms. The van der Waals surface area contributed by atoms with Crippen LogP contribution in [0.25, 0.3) is 0 Å². The fraction of sp³-hybridized carbons (Fsp3) is 0.474. The average molecular weight is 442 g/mol. The number of hydrogen-bond acceptors (Lipinski definition) is 5. The SMILES string of the molecule is CCNC(=NCc1ncc(C(C)(C)C)o1)NCCNS(=O)(=O)c1cccc(Cl)c1. The van der Waals surface area contributed by atoms with Crippen molar-refractivity contribution in [1.82, 2.24) is 20.3 Å². The molecule has 0 aliphatic carbocycles. The van der Waals surface area contributed by atoms with Crippen LogP contribution < -0.4 is 15.4 Å². The molecule has 1 aromatic carbocycles. The first-order valence-corrected chi connectivity index (χ1v) is 11.2. The van der Waals surface area contributed by atoms with E-state index >= 15 is 0 Å². The Morgan fingerprint density at radius 2 is 2.00 bits per heavy atom. The van der Waals surface area contributed by atoms with E-state index in [1.165, 1.54) is 12.1 Å². The number of nitrogens with one attached hydrogen (secondary N) is 3. The van der Waals surface area contributed by atoms with Crippen molar-refractivity contribution in [3.63, 3.8) is 0 Å². The number of oxazole rings is 1. The van der Waals surface area contributed by atoms with Crippen LogP contribution in [0, 0.1) is 0 Å². The van der Waals surface area contributed by atoms with Gasteiger partial charge in [-0.15, -0.1) is 0 Å². The van der Waals surface area contributed by atoms with Crippen LogP contribution in [-0.2, 0) is 22.0 Å². The summed E-state index contributed by atoms with van der Waals surface area (Å²) in [5, 5.41) is 6.55. The molecule has 0 radical (unpaired) electrons. The predicted molar refractivity (Wildman–Crippen MR) is 115 cm³/mol. The van der Waals surface area contributed by atoms with Crippen molar-refractivity contribution >= 4 is 27.6 Å². The second-order valence-corrected chi connectivity index (χ2v) is 9.55. The standard InChI is InChI=1S/C19H28ClN5O3S/c1-5-21-18(24-13-17-23-12-16(28-17)19(2,3)4)22-9-10-25-29(26,27)15-8-6-7-14(20)11-15/h6-8,11-12,25H,5,9-10,13H2,1-4H3,(H2,21,22,24). The Labute approximate surface area is 177 Å². The maximum Gasteiger partial charge on any atom is 0.240 e. The normalized spacial score (nSPS) is 12.8. The Kier molecular flexibility index (Phi) is 8.06. The van der Waals surface area contributed by atoms with Crippen LogP contribution in [0.5, 0.6) is 0 Å². The number of guanidine groups is 1. The molecular weight excluding hydrogens is 414 g/mol. The minimum atomic E-state index is -3.62. The van der Waals surface area contributed by atoms with Crippen LogP contribution in [0.4, 0.5) is 0 Å². The first kappa shape index (κ1) is 23.2. The summed E-state index contributed by atoms with van der Waals surface area (Å²) in [4.78, 5) is 8.81. The third-order valence-corrected chi connectivity index (χ3v) is 5.52. The molecule has 0 bridgehead atoms. The lowest BCUT2D eigenvalue weighted by Gasteiger charge is -2.13. The van der Waals surface area contributed by atoms with Crippen molar-refractivity contribution < 1.29 is 12.8 Å². The van der Waals surface area contributed by atoms with Crippen LogP contribution in [0.1, 0.15) is 39.3 Å². The number of rotatable bonds is 8. The number of hydrogen-bond donors (Lipinski definition) is 3. The lowest BCUT2D eigenvalue weighted by atomic mass is 9.94. The number of aromatic nitrogens is 1. The molecule has 0 fully saturated rings. The van der Waals surface area contributed by atoms with Gasteiger partial charge in [0.05, 0.1) is 11.1 Å². The van der Waals surface area contributed by atoms with Gasteiger partial charge in [0.25, 0.3) is 0 Å². The third kappa shape index (κ3) is 7.34. The summed E-state index contributed by atoms with van der Waals surface area (Å²) in [7, 11) is -3.62. The maximum atomic E-state index is 12.3. The van der Waals surface area contributed by atoms with Crippen molar-refractivity contribution in [1.29, 1.82) is 0 Å². The number of sulfonamides is 1. The topological polar surface area (TPSA) is 109 Å². The average Bonchev–Trinajstić information content (AvgIpc) is 3.12. The molecule has 29 heavy (non-hydrogen) atoms. The van der Waals surface area contributed by atoms with Crippen LogP contribution in [-0.4, -0.2) is 39.0 Å². The number of nitrogens with zero attached hydrogens (tertiary/aromatic N) is 2. The smallest absolute Gasteiger partial charge is 0.240 e. The molecule has 2 rings (SSSR count). The maximum absolute atomic E-state index is 12.3. The van der Waals surface area contributed by atoms with Gasteiger partial charge in [-0.3, -0.25) is 0 Å². The highest BCUT2D eigenvalue weighted by atomic mass is 35.5. The number of halogens is 1. The molecule has 160 valence electrons. The molecule has 0 saturated carbocycles. The van der Waals surface area contributed by atoms with E-state index < -0.39 is 10.0 Å². The van der Waals surface area contributed by atoms with E-state index in [1.54, 1.807) is 18.3 Å². The second kappa shape index (κ2) is 10.1. The van der Waals surface area contributed by atoms with Gasteiger partial charge >= 0.3 is 0 Å². The quantitative estimate of drug-likeness (QED) is 0.330. The first-order chi connectivity index (χ1) is 13.6. The molecule has 0 aliphatic heterocycles. The van der Waals surface area contributed by atoms with Gasteiger partial charge in [-0.1, -0.05) is 38.4 Å². The number of benzene rings is 1. The molecule has 2 aromatic rings. The zero-order chi connectivity index (χ0) is 21.5. The molecule has 10 heteroatoms. The van der Waals surface area contributed by atoms with E-state index in [4.69, 9.17) is 16.0 Å². The fourth-order valence-electron chi connectivity index (χ4n) is 2.30. The van der Waals surface area contributed by atoms with Crippen molar-refractivity contribution in [2.24, 2.45) is 4.99 Å². The zero-order valence-corrected chi connectivity index (χ0v) is 18.7. The van der Waals surface area contributed by atoms with Gasteiger partial charge in [-0.05, 0) is 25.1 Å². The van der Waals surface area contributed by atoms with Gasteiger partial charge in [-0.25, -0.2) is 23.1 Å². The van der Waals surface area contributed by atoms with Crippen molar-refractivity contribution in [3.05, 3.63) is 47.1 Å². The van der Waals surface area contributed by atoms with E-state index in [2.05, 4.69) is 46.1 Å².